The first-order valence-electron chi connectivity index (χ1n) is 9.30. The van der Waals surface area contributed by atoms with Crippen LogP contribution in [0.2, 0.25) is 0 Å². The van der Waals surface area contributed by atoms with Crippen molar-refractivity contribution in [3.63, 3.8) is 0 Å². The first kappa shape index (κ1) is 19.7. The third-order valence-electron chi connectivity index (χ3n) is 4.70. The fourth-order valence-corrected chi connectivity index (χ4v) is 3.56. The number of aromatic nitrogens is 4. The van der Waals surface area contributed by atoms with Crippen molar-refractivity contribution in [1.29, 1.82) is 0 Å². The number of hydrogen-bond acceptors (Lipinski definition) is 6. The Balaban J connectivity index is 1.48. The number of nitrogens with zero attached hydrogens (tertiary/aromatic N) is 4. The molecule has 0 saturated heterocycles. The van der Waals surface area contributed by atoms with Crippen LogP contribution in [0.4, 0.5) is 5.13 Å². The molecular weight excluding hydrogens is 398 g/mol. The van der Waals surface area contributed by atoms with Crippen molar-refractivity contribution in [2.75, 3.05) is 5.32 Å². The highest BCUT2D eigenvalue weighted by Gasteiger charge is 2.12. The Morgan fingerprint density at radius 3 is 2.60 bits per heavy atom. The summed E-state index contributed by atoms with van der Waals surface area (Å²) in [5.41, 5.74) is 4.50. The smallest absolute Gasteiger partial charge is 0.257 e. The van der Waals surface area contributed by atoms with E-state index in [4.69, 9.17) is 0 Å². The number of nitrogens with one attached hydrogen (secondary N) is 1. The Bertz CT molecular complexity index is 1260. The Hall–Kier alpha value is -3.65. The number of hydrogen-bond donors (Lipinski definition) is 1. The van der Waals surface area contributed by atoms with E-state index in [0.717, 1.165) is 22.5 Å². The lowest BCUT2D eigenvalue weighted by Crippen LogP contribution is -2.22. The van der Waals surface area contributed by atoms with Gasteiger partial charge in [-0.15, -0.1) is 11.3 Å². The van der Waals surface area contributed by atoms with Crippen LogP contribution in [-0.2, 0) is 6.54 Å². The summed E-state index contributed by atoms with van der Waals surface area (Å²) in [6.45, 7) is 4.37. The highest BCUT2D eigenvalue weighted by Crippen LogP contribution is 2.24. The summed E-state index contributed by atoms with van der Waals surface area (Å²) in [5, 5.41) is 5.06. The zero-order valence-electron chi connectivity index (χ0n) is 16.5. The first-order chi connectivity index (χ1) is 14.5. The van der Waals surface area contributed by atoms with Crippen LogP contribution in [0, 0.1) is 13.8 Å². The van der Waals surface area contributed by atoms with Crippen LogP contribution in [-0.4, -0.2) is 25.4 Å². The monoisotopic (exact) mass is 417 g/mol. The molecule has 1 amide bonds. The van der Waals surface area contributed by atoms with Gasteiger partial charge in [0.2, 0.25) is 0 Å². The predicted molar refractivity (Wildman–Crippen MR) is 117 cm³/mol. The van der Waals surface area contributed by atoms with Gasteiger partial charge in [-0.05, 0) is 49.2 Å². The van der Waals surface area contributed by atoms with Crippen LogP contribution < -0.4 is 10.9 Å². The van der Waals surface area contributed by atoms with Gasteiger partial charge in [0.25, 0.3) is 11.5 Å². The number of anilines is 1. The number of pyridine rings is 3. The molecule has 0 aliphatic rings. The third kappa shape index (κ3) is 4.33. The van der Waals surface area contributed by atoms with Gasteiger partial charge in [0.05, 0.1) is 12.2 Å². The summed E-state index contributed by atoms with van der Waals surface area (Å²) >= 11 is 1.31. The molecule has 0 fully saturated rings. The summed E-state index contributed by atoms with van der Waals surface area (Å²) in [7, 11) is 0. The van der Waals surface area contributed by atoms with Crippen molar-refractivity contribution in [2.24, 2.45) is 0 Å². The molecule has 4 aromatic heterocycles. The van der Waals surface area contributed by atoms with Crippen molar-refractivity contribution in [3.8, 4) is 11.4 Å². The Kier molecular flexibility index (Phi) is 5.49. The molecule has 0 aliphatic carbocycles. The second-order valence-corrected chi connectivity index (χ2v) is 7.69. The first-order valence-corrected chi connectivity index (χ1v) is 10.2. The maximum absolute atomic E-state index is 12.6. The average Bonchev–Trinajstić information content (AvgIpc) is 3.20. The second kappa shape index (κ2) is 8.38. The molecule has 0 aromatic carbocycles. The fourth-order valence-electron chi connectivity index (χ4n) is 2.86. The molecule has 7 nitrogen and oxygen atoms in total. The van der Waals surface area contributed by atoms with Crippen molar-refractivity contribution < 1.29 is 4.79 Å². The number of carbonyl (C=O) groups is 1. The minimum absolute atomic E-state index is 0.251. The van der Waals surface area contributed by atoms with Gasteiger partial charge >= 0.3 is 0 Å². The molecular formula is C22H19N5O2S. The van der Waals surface area contributed by atoms with Gasteiger partial charge in [-0.3, -0.25) is 24.9 Å². The molecule has 8 heteroatoms. The van der Waals surface area contributed by atoms with Crippen molar-refractivity contribution in [1.82, 2.24) is 19.5 Å². The minimum Gasteiger partial charge on any atom is -0.311 e. The quantitative estimate of drug-likeness (QED) is 0.535. The highest BCUT2D eigenvalue weighted by atomic mass is 32.1. The van der Waals surface area contributed by atoms with E-state index >= 15 is 0 Å². The number of amides is 1. The van der Waals surface area contributed by atoms with E-state index in [-0.39, 0.29) is 17.0 Å². The number of carbonyl (C=O) groups excluding carboxylic acids is 1. The summed E-state index contributed by atoms with van der Waals surface area (Å²) in [5.74, 6) is -0.378. The second-order valence-electron chi connectivity index (χ2n) is 6.83. The lowest BCUT2D eigenvalue weighted by Gasteiger charge is -2.07. The number of thiazole rings is 1. The summed E-state index contributed by atoms with van der Waals surface area (Å²) < 4.78 is 1.54. The van der Waals surface area contributed by atoms with Gasteiger partial charge in [0, 0.05) is 41.3 Å². The Morgan fingerprint density at radius 2 is 1.87 bits per heavy atom. The topological polar surface area (TPSA) is 89.8 Å². The molecule has 4 rings (SSSR count). The molecule has 0 aliphatic heterocycles. The molecule has 4 heterocycles. The van der Waals surface area contributed by atoms with Gasteiger partial charge in [0.1, 0.15) is 5.69 Å². The van der Waals surface area contributed by atoms with Gasteiger partial charge in [-0.2, -0.15) is 0 Å². The molecule has 0 spiro atoms. The van der Waals surface area contributed by atoms with Gasteiger partial charge in [-0.1, -0.05) is 6.07 Å². The fraction of sp³-hybridized carbons (Fsp3) is 0.136. The molecule has 0 radical (unpaired) electrons. The van der Waals surface area contributed by atoms with Crippen LogP contribution in [0.1, 0.15) is 27.2 Å². The Morgan fingerprint density at radius 1 is 1.07 bits per heavy atom. The maximum Gasteiger partial charge on any atom is 0.257 e. The van der Waals surface area contributed by atoms with Crippen molar-refractivity contribution in [3.05, 3.63) is 93.1 Å². The SMILES string of the molecule is Cc1ccc(-c2csc(NC(=O)c3ccn(Cc4ccncc4)c(=O)c3)n2)nc1C. The molecule has 0 bridgehead atoms. The largest absolute Gasteiger partial charge is 0.311 e. The number of rotatable bonds is 5. The molecule has 30 heavy (non-hydrogen) atoms. The van der Waals surface area contributed by atoms with Crippen LogP contribution in [0.5, 0.6) is 0 Å². The van der Waals surface area contributed by atoms with E-state index in [1.54, 1.807) is 29.2 Å². The molecule has 1 N–H and O–H groups in total. The van der Waals surface area contributed by atoms with Crippen LogP contribution >= 0.6 is 11.3 Å². The predicted octanol–water partition coefficient (Wildman–Crippen LogP) is 3.68. The van der Waals surface area contributed by atoms with Crippen LogP contribution in [0.15, 0.2) is 65.2 Å². The van der Waals surface area contributed by atoms with Gasteiger partial charge < -0.3 is 4.57 Å². The van der Waals surface area contributed by atoms with Crippen molar-refractivity contribution >= 4 is 22.4 Å². The zero-order chi connectivity index (χ0) is 21.1. The van der Waals surface area contributed by atoms with Gasteiger partial charge in [0.15, 0.2) is 5.13 Å². The summed E-state index contributed by atoms with van der Waals surface area (Å²) in [6, 6.07) is 10.5. The third-order valence-corrected chi connectivity index (χ3v) is 5.46. The van der Waals surface area contributed by atoms with E-state index in [9.17, 15) is 9.59 Å². The lowest BCUT2D eigenvalue weighted by molar-refractivity contribution is 0.102. The van der Waals surface area contributed by atoms with Crippen molar-refractivity contribution in [2.45, 2.75) is 20.4 Å². The summed E-state index contributed by atoms with van der Waals surface area (Å²) in [4.78, 5) is 37.9. The zero-order valence-corrected chi connectivity index (χ0v) is 17.3. The summed E-state index contributed by atoms with van der Waals surface area (Å²) in [6.07, 6.45) is 4.97. The molecule has 0 saturated carbocycles. The molecule has 0 atom stereocenters. The average molecular weight is 417 g/mol. The molecule has 4 aromatic rings. The highest BCUT2D eigenvalue weighted by molar-refractivity contribution is 7.14. The minimum atomic E-state index is -0.378. The molecule has 0 unspecified atom stereocenters. The van der Waals surface area contributed by atoms with Crippen LogP contribution in [0.3, 0.4) is 0 Å². The molecule has 150 valence electrons. The van der Waals surface area contributed by atoms with E-state index < -0.39 is 0 Å². The maximum atomic E-state index is 12.6. The lowest BCUT2D eigenvalue weighted by atomic mass is 10.2. The van der Waals surface area contributed by atoms with Crippen LogP contribution in [0.25, 0.3) is 11.4 Å². The van der Waals surface area contributed by atoms with E-state index in [1.807, 2.05) is 43.5 Å². The Labute approximate surface area is 177 Å². The van der Waals surface area contributed by atoms with Gasteiger partial charge in [-0.25, -0.2) is 4.98 Å². The van der Waals surface area contributed by atoms with E-state index in [1.165, 1.54) is 17.4 Å². The van der Waals surface area contributed by atoms with E-state index in [2.05, 4.69) is 20.3 Å². The normalized spacial score (nSPS) is 10.7. The van der Waals surface area contributed by atoms with E-state index in [0.29, 0.717) is 17.4 Å². The standard InChI is InChI=1S/C22H19N5O2S/c1-14-3-4-18(24-15(14)2)19-13-30-22(25-19)26-21(29)17-7-10-27(20(28)11-17)12-16-5-8-23-9-6-16/h3-11,13H,12H2,1-2H3,(H,25,26,29). The number of aryl methyl sites for hydroxylation is 2.